The van der Waals surface area contributed by atoms with E-state index in [-0.39, 0.29) is 17.7 Å². The molecule has 0 saturated carbocycles. The van der Waals surface area contributed by atoms with Gasteiger partial charge in [-0.2, -0.15) is 0 Å². The number of benzene rings is 3. The van der Waals surface area contributed by atoms with Crippen LogP contribution < -0.4 is 16.4 Å². The molecule has 0 heterocycles. The van der Waals surface area contributed by atoms with Gasteiger partial charge in [0.05, 0.1) is 11.0 Å². The highest BCUT2D eigenvalue weighted by molar-refractivity contribution is 5.95. The summed E-state index contributed by atoms with van der Waals surface area (Å²) in [5.41, 5.74) is 6.16. The fourth-order valence-electron chi connectivity index (χ4n) is 3.53. The van der Waals surface area contributed by atoms with Crippen molar-refractivity contribution in [2.24, 2.45) is 5.73 Å². The van der Waals surface area contributed by atoms with E-state index < -0.39 is 40.8 Å². The van der Waals surface area contributed by atoms with E-state index in [0.29, 0.717) is 11.1 Å². The number of nitro benzene ring substituents is 1. The van der Waals surface area contributed by atoms with Crippen molar-refractivity contribution >= 4 is 23.4 Å². The number of primary amides is 1. The Morgan fingerprint density at radius 1 is 0.886 bits per heavy atom. The molecule has 3 aromatic rings. The van der Waals surface area contributed by atoms with Crippen LogP contribution in [0.3, 0.4) is 0 Å². The minimum atomic E-state index is -1.79. The number of amides is 3. The molecular formula is C25H24N4O6. The SMILES string of the molecule is NC(=O)[C@H](Cc1ccccc1[N+](=O)[O-])NC(=O)[C@H](O)[C@@H](NC(=O)c1ccccc1)c1ccccc1. The van der Waals surface area contributed by atoms with Crippen LogP contribution in [0.5, 0.6) is 0 Å². The van der Waals surface area contributed by atoms with Crippen LogP contribution in [-0.2, 0) is 16.0 Å². The van der Waals surface area contributed by atoms with Gasteiger partial charge in [-0.3, -0.25) is 24.5 Å². The Morgan fingerprint density at radius 3 is 2.06 bits per heavy atom. The molecule has 35 heavy (non-hydrogen) atoms. The normalized spacial score (nSPS) is 13.2. The number of para-hydroxylation sites is 1. The molecule has 0 aromatic heterocycles. The van der Waals surface area contributed by atoms with Crippen LogP contribution in [-0.4, -0.2) is 39.9 Å². The molecule has 0 aliphatic carbocycles. The molecule has 0 radical (unpaired) electrons. The van der Waals surface area contributed by atoms with Gasteiger partial charge in [-0.15, -0.1) is 0 Å². The first-order valence-electron chi connectivity index (χ1n) is 10.7. The number of aliphatic hydroxyl groups excluding tert-OH is 1. The fourth-order valence-corrected chi connectivity index (χ4v) is 3.53. The molecule has 0 saturated heterocycles. The summed E-state index contributed by atoms with van der Waals surface area (Å²) in [6.45, 7) is 0. The number of nitrogens with one attached hydrogen (secondary N) is 2. The second-order valence-electron chi connectivity index (χ2n) is 7.73. The third kappa shape index (κ3) is 6.49. The van der Waals surface area contributed by atoms with Gasteiger partial charge in [0.2, 0.25) is 5.91 Å². The largest absolute Gasteiger partial charge is 0.381 e. The molecule has 0 spiro atoms. The summed E-state index contributed by atoms with van der Waals surface area (Å²) >= 11 is 0. The van der Waals surface area contributed by atoms with Crippen LogP contribution in [0.25, 0.3) is 0 Å². The first-order chi connectivity index (χ1) is 16.8. The molecule has 180 valence electrons. The summed E-state index contributed by atoms with van der Waals surface area (Å²) in [6.07, 6.45) is -2.05. The van der Waals surface area contributed by atoms with Crippen LogP contribution in [0, 0.1) is 10.1 Å². The summed E-state index contributed by atoms with van der Waals surface area (Å²) in [7, 11) is 0. The van der Waals surface area contributed by atoms with Crippen molar-refractivity contribution in [1.82, 2.24) is 10.6 Å². The Balaban J connectivity index is 1.82. The summed E-state index contributed by atoms with van der Waals surface area (Å²) < 4.78 is 0. The number of aliphatic hydroxyl groups is 1. The number of nitrogens with zero attached hydrogens (tertiary/aromatic N) is 1. The van der Waals surface area contributed by atoms with E-state index in [9.17, 15) is 29.6 Å². The maximum atomic E-state index is 12.9. The van der Waals surface area contributed by atoms with Crippen LogP contribution in [0.15, 0.2) is 84.9 Å². The van der Waals surface area contributed by atoms with Gasteiger partial charge in [-0.1, -0.05) is 66.7 Å². The molecule has 0 fully saturated rings. The Morgan fingerprint density at radius 2 is 1.46 bits per heavy atom. The molecule has 3 aromatic carbocycles. The number of nitrogens with two attached hydrogens (primary N) is 1. The van der Waals surface area contributed by atoms with E-state index in [1.165, 1.54) is 18.2 Å². The highest BCUT2D eigenvalue weighted by Gasteiger charge is 2.32. The minimum absolute atomic E-state index is 0.188. The number of carbonyl (C=O) groups excluding carboxylic acids is 3. The lowest BCUT2D eigenvalue weighted by molar-refractivity contribution is -0.385. The highest BCUT2D eigenvalue weighted by Crippen LogP contribution is 2.21. The van der Waals surface area contributed by atoms with Gasteiger partial charge < -0.3 is 21.5 Å². The number of rotatable bonds is 10. The van der Waals surface area contributed by atoms with E-state index in [0.717, 1.165) is 0 Å². The maximum absolute atomic E-state index is 12.9. The molecule has 0 aliphatic heterocycles. The lowest BCUT2D eigenvalue weighted by Gasteiger charge is -2.26. The van der Waals surface area contributed by atoms with Crippen LogP contribution in [0.4, 0.5) is 5.69 Å². The van der Waals surface area contributed by atoms with Crippen LogP contribution in [0.1, 0.15) is 27.5 Å². The van der Waals surface area contributed by atoms with Gasteiger partial charge in [0, 0.05) is 23.6 Å². The summed E-state index contributed by atoms with van der Waals surface area (Å²) in [5, 5.41) is 27.2. The van der Waals surface area contributed by atoms with Crippen molar-refractivity contribution in [3.8, 4) is 0 Å². The first-order valence-corrected chi connectivity index (χ1v) is 10.7. The van der Waals surface area contributed by atoms with Gasteiger partial charge in [0.1, 0.15) is 6.04 Å². The van der Waals surface area contributed by atoms with Crippen molar-refractivity contribution in [2.45, 2.75) is 24.6 Å². The van der Waals surface area contributed by atoms with E-state index in [2.05, 4.69) is 10.6 Å². The Kier molecular flexibility index (Phi) is 8.25. The predicted molar refractivity (Wildman–Crippen MR) is 127 cm³/mol. The Labute approximate surface area is 200 Å². The third-order valence-corrected chi connectivity index (χ3v) is 5.34. The van der Waals surface area contributed by atoms with Crippen molar-refractivity contribution < 1.29 is 24.4 Å². The molecule has 3 amide bonds. The van der Waals surface area contributed by atoms with E-state index in [1.807, 2.05) is 0 Å². The van der Waals surface area contributed by atoms with Crippen molar-refractivity contribution in [3.05, 3.63) is 112 Å². The van der Waals surface area contributed by atoms with Gasteiger partial charge in [0.15, 0.2) is 6.10 Å². The summed E-state index contributed by atoms with van der Waals surface area (Å²) in [6, 6.07) is 19.9. The molecule has 3 atom stereocenters. The molecule has 0 aliphatic rings. The lowest BCUT2D eigenvalue weighted by Crippen LogP contribution is -2.52. The zero-order valence-corrected chi connectivity index (χ0v) is 18.5. The molecular weight excluding hydrogens is 452 g/mol. The van der Waals surface area contributed by atoms with E-state index >= 15 is 0 Å². The fraction of sp³-hybridized carbons (Fsp3) is 0.160. The van der Waals surface area contributed by atoms with E-state index in [1.54, 1.807) is 66.7 Å². The molecule has 0 bridgehead atoms. The van der Waals surface area contributed by atoms with Crippen LogP contribution in [0.2, 0.25) is 0 Å². The van der Waals surface area contributed by atoms with Gasteiger partial charge in [0.25, 0.3) is 17.5 Å². The maximum Gasteiger partial charge on any atom is 0.272 e. The van der Waals surface area contributed by atoms with Crippen molar-refractivity contribution in [3.63, 3.8) is 0 Å². The Hall–Kier alpha value is -4.57. The number of carbonyl (C=O) groups is 3. The standard InChI is InChI=1S/C25H24N4O6/c26-23(31)19(15-18-13-7-8-14-20(18)29(34)35)27-25(33)22(30)21(16-9-3-1-4-10-16)28-24(32)17-11-5-2-6-12-17/h1-14,19,21-22,30H,15H2,(H2,26,31)(H,27,33)(H,28,32)/t19-,21-,22+/m0/s1. The lowest BCUT2D eigenvalue weighted by atomic mass is 9.98. The predicted octanol–water partition coefficient (Wildman–Crippen LogP) is 1.64. The average Bonchev–Trinajstić information content (AvgIpc) is 2.87. The molecule has 0 unspecified atom stereocenters. The number of hydrogen-bond donors (Lipinski definition) is 4. The minimum Gasteiger partial charge on any atom is -0.381 e. The molecule has 10 heteroatoms. The quantitative estimate of drug-likeness (QED) is 0.257. The third-order valence-electron chi connectivity index (χ3n) is 5.34. The number of nitro groups is 1. The molecule has 5 N–H and O–H groups in total. The van der Waals surface area contributed by atoms with Crippen molar-refractivity contribution in [1.29, 1.82) is 0 Å². The topological polar surface area (TPSA) is 165 Å². The smallest absolute Gasteiger partial charge is 0.272 e. The van der Waals surface area contributed by atoms with E-state index in [4.69, 9.17) is 5.73 Å². The number of hydrogen-bond acceptors (Lipinski definition) is 6. The van der Waals surface area contributed by atoms with Crippen LogP contribution >= 0.6 is 0 Å². The second-order valence-corrected chi connectivity index (χ2v) is 7.73. The zero-order chi connectivity index (χ0) is 25.4. The molecule has 3 rings (SSSR count). The monoisotopic (exact) mass is 476 g/mol. The first kappa shape index (κ1) is 25.1. The molecule has 10 nitrogen and oxygen atoms in total. The van der Waals surface area contributed by atoms with Gasteiger partial charge >= 0.3 is 0 Å². The highest BCUT2D eigenvalue weighted by atomic mass is 16.6. The summed E-state index contributed by atoms with van der Waals surface area (Å²) in [5.74, 6) is -2.43. The Bertz CT molecular complexity index is 1200. The zero-order valence-electron chi connectivity index (χ0n) is 18.5. The van der Waals surface area contributed by atoms with Gasteiger partial charge in [-0.05, 0) is 17.7 Å². The summed E-state index contributed by atoms with van der Waals surface area (Å²) in [4.78, 5) is 48.4. The average molecular weight is 476 g/mol. The second kappa shape index (κ2) is 11.5. The van der Waals surface area contributed by atoms with Crippen molar-refractivity contribution in [2.75, 3.05) is 0 Å². The van der Waals surface area contributed by atoms with Gasteiger partial charge in [-0.25, -0.2) is 0 Å².